The lowest BCUT2D eigenvalue weighted by Gasteiger charge is -2.14. The second kappa shape index (κ2) is 6.56. The predicted octanol–water partition coefficient (Wildman–Crippen LogP) is 4.60. The molecule has 3 nitrogen and oxygen atoms in total. The maximum absolute atomic E-state index is 4.90. The van der Waals surface area contributed by atoms with Crippen LogP contribution in [0.25, 0.3) is 10.7 Å². The van der Waals surface area contributed by atoms with E-state index in [0.717, 1.165) is 37.4 Å². The van der Waals surface area contributed by atoms with Crippen LogP contribution in [-0.2, 0) is 12.8 Å². The van der Waals surface area contributed by atoms with Gasteiger partial charge in [-0.25, -0.2) is 9.97 Å². The standard InChI is InChI=1S/C17H23N3S/c1-3-10-18-16-13-7-5-4-6-8-14(13)19-17(20-16)15-12(2)9-11-21-15/h9,11H,3-8,10H2,1-2H3,(H,18,19,20). The first-order chi connectivity index (χ1) is 10.3. The van der Waals surface area contributed by atoms with Gasteiger partial charge in [-0.15, -0.1) is 11.3 Å². The molecule has 112 valence electrons. The summed E-state index contributed by atoms with van der Waals surface area (Å²) < 4.78 is 0. The van der Waals surface area contributed by atoms with Crippen molar-refractivity contribution in [1.29, 1.82) is 0 Å². The molecule has 0 saturated heterocycles. The van der Waals surface area contributed by atoms with Crippen molar-refractivity contribution >= 4 is 17.2 Å². The molecule has 0 fully saturated rings. The third kappa shape index (κ3) is 3.10. The lowest BCUT2D eigenvalue weighted by atomic mass is 10.1. The summed E-state index contributed by atoms with van der Waals surface area (Å²) in [5, 5.41) is 5.65. The minimum atomic E-state index is 0.904. The van der Waals surface area contributed by atoms with Gasteiger partial charge in [0.25, 0.3) is 0 Å². The molecule has 0 saturated carbocycles. The third-order valence-electron chi connectivity index (χ3n) is 4.04. The number of aromatic nitrogens is 2. The lowest BCUT2D eigenvalue weighted by molar-refractivity contribution is 0.709. The van der Waals surface area contributed by atoms with Gasteiger partial charge in [0.05, 0.1) is 4.88 Å². The largest absolute Gasteiger partial charge is 0.370 e. The average Bonchev–Trinajstić information content (AvgIpc) is 2.78. The topological polar surface area (TPSA) is 37.8 Å². The molecule has 2 aromatic rings. The van der Waals surface area contributed by atoms with E-state index in [-0.39, 0.29) is 0 Å². The van der Waals surface area contributed by atoms with E-state index in [0.29, 0.717) is 0 Å². The summed E-state index contributed by atoms with van der Waals surface area (Å²) >= 11 is 1.74. The Bertz CT molecular complexity index is 618. The minimum absolute atomic E-state index is 0.904. The Morgan fingerprint density at radius 3 is 2.81 bits per heavy atom. The molecule has 0 unspecified atom stereocenters. The number of thiophene rings is 1. The molecule has 2 heterocycles. The highest BCUT2D eigenvalue weighted by atomic mass is 32.1. The van der Waals surface area contributed by atoms with Crippen LogP contribution in [0.2, 0.25) is 0 Å². The zero-order valence-corrected chi connectivity index (χ0v) is 13.7. The monoisotopic (exact) mass is 301 g/mol. The van der Waals surface area contributed by atoms with Crippen molar-refractivity contribution in [2.24, 2.45) is 0 Å². The highest BCUT2D eigenvalue weighted by Crippen LogP contribution is 2.31. The molecule has 1 aliphatic carbocycles. The smallest absolute Gasteiger partial charge is 0.172 e. The fourth-order valence-electron chi connectivity index (χ4n) is 2.86. The average molecular weight is 301 g/mol. The summed E-state index contributed by atoms with van der Waals surface area (Å²) in [5.41, 5.74) is 3.90. The molecule has 1 aliphatic rings. The summed E-state index contributed by atoms with van der Waals surface area (Å²) in [6.07, 6.45) is 7.14. The van der Waals surface area contributed by atoms with Crippen molar-refractivity contribution in [3.8, 4) is 10.7 Å². The van der Waals surface area contributed by atoms with Gasteiger partial charge in [0.2, 0.25) is 0 Å². The molecule has 2 aromatic heterocycles. The number of nitrogens with zero attached hydrogens (tertiary/aromatic N) is 2. The molecule has 4 heteroatoms. The Hall–Kier alpha value is -1.42. The van der Waals surface area contributed by atoms with Crippen molar-refractivity contribution in [3.63, 3.8) is 0 Å². The van der Waals surface area contributed by atoms with Gasteiger partial charge in [0, 0.05) is 17.8 Å². The molecule has 0 aliphatic heterocycles. The van der Waals surface area contributed by atoms with Crippen molar-refractivity contribution in [2.75, 3.05) is 11.9 Å². The fraction of sp³-hybridized carbons (Fsp3) is 0.529. The number of hydrogen-bond acceptors (Lipinski definition) is 4. The second-order valence-electron chi connectivity index (χ2n) is 5.74. The molecule has 0 amide bonds. The number of hydrogen-bond donors (Lipinski definition) is 1. The van der Waals surface area contributed by atoms with E-state index < -0.39 is 0 Å². The third-order valence-corrected chi connectivity index (χ3v) is 5.05. The normalized spacial score (nSPS) is 14.6. The Morgan fingerprint density at radius 1 is 1.19 bits per heavy atom. The van der Waals surface area contributed by atoms with E-state index in [1.165, 1.54) is 41.0 Å². The molecule has 0 radical (unpaired) electrons. The zero-order chi connectivity index (χ0) is 14.7. The Labute approximate surface area is 130 Å². The summed E-state index contributed by atoms with van der Waals surface area (Å²) in [6, 6.07) is 2.15. The zero-order valence-electron chi connectivity index (χ0n) is 12.9. The van der Waals surface area contributed by atoms with Gasteiger partial charge >= 0.3 is 0 Å². The van der Waals surface area contributed by atoms with Crippen LogP contribution >= 0.6 is 11.3 Å². The Kier molecular flexibility index (Phi) is 4.54. The van der Waals surface area contributed by atoms with Crippen LogP contribution in [0.4, 0.5) is 5.82 Å². The molecule has 0 aromatic carbocycles. The molecule has 0 atom stereocenters. The van der Waals surface area contributed by atoms with Crippen LogP contribution in [0.5, 0.6) is 0 Å². The molecule has 0 bridgehead atoms. The van der Waals surface area contributed by atoms with E-state index in [9.17, 15) is 0 Å². The molecule has 0 spiro atoms. The summed E-state index contributed by atoms with van der Waals surface area (Å²) in [6.45, 7) is 5.31. The van der Waals surface area contributed by atoms with E-state index >= 15 is 0 Å². The van der Waals surface area contributed by atoms with Crippen molar-refractivity contribution < 1.29 is 0 Å². The van der Waals surface area contributed by atoms with Gasteiger partial charge in [-0.2, -0.15) is 0 Å². The van der Waals surface area contributed by atoms with Gasteiger partial charge in [-0.05, 0) is 56.0 Å². The minimum Gasteiger partial charge on any atom is -0.370 e. The summed E-state index contributed by atoms with van der Waals surface area (Å²) in [5.74, 6) is 1.98. The first kappa shape index (κ1) is 14.5. The molecular weight excluding hydrogens is 278 g/mol. The van der Waals surface area contributed by atoms with E-state index in [4.69, 9.17) is 9.97 Å². The van der Waals surface area contributed by atoms with E-state index in [2.05, 4.69) is 30.6 Å². The highest BCUT2D eigenvalue weighted by Gasteiger charge is 2.18. The first-order valence-corrected chi connectivity index (χ1v) is 8.85. The number of nitrogens with one attached hydrogen (secondary N) is 1. The molecule has 3 rings (SSSR count). The van der Waals surface area contributed by atoms with Gasteiger partial charge < -0.3 is 5.32 Å². The van der Waals surface area contributed by atoms with Crippen LogP contribution in [-0.4, -0.2) is 16.5 Å². The van der Waals surface area contributed by atoms with Gasteiger partial charge in [0.15, 0.2) is 5.82 Å². The maximum Gasteiger partial charge on any atom is 0.172 e. The Balaban J connectivity index is 2.06. The van der Waals surface area contributed by atoms with E-state index in [1.807, 2.05) is 0 Å². The van der Waals surface area contributed by atoms with Crippen LogP contribution < -0.4 is 5.32 Å². The Morgan fingerprint density at radius 2 is 2.05 bits per heavy atom. The van der Waals surface area contributed by atoms with E-state index in [1.54, 1.807) is 11.3 Å². The summed E-state index contributed by atoms with van der Waals surface area (Å²) in [4.78, 5) is 11.0. The molecule has 1 N–H and O–H groups in total. The second-order valence-corrected chi connectivity index (χ2v) is 6.66. The van der Waals surface area contributed by atoms with Crippen LogP contribution in [0.3, 0.4) is 0 Å². The number of anilines is 1. The quantitative estimate of drug-likeness (QED) is 0.838. The van der Waals surface area contributed by atoms with Gasteiger partial charge in [-0.3, -0.25) is 0 Å². The fourth-order valence-corrected chi connectivity index (χ4v) is 3.72. The molecular formula is C17H23N3S. The predicted molar refractivity (Wildman–Crippen MR) is 90.1 cm³/mol. The lowest BCUT2D eigenvalue weighted by Crippen LogP contribution is -2.10. The van der Waals surface area contributed by atoms with Crippen molar-refractivity contribution in [1.82, 2.24) is 9.97 Å². The van der Waals surface area contributed by atoms with Gasteiger partial charge in [-0.1, -0.05) is 13.3 Å². The van der Waals surface area contributed by atoms with Crippen LogP contribution in [0.15, 0.2) is 11.4 Å². The number of rotatable bonds is 4. The highest BCUT2D eigenvalue weighted by molar-refractivity contribution is 7.13. The van der Waals surface area contributed by atoms with Gasteiger partial charge in [0.1, 0.15) is 5.82 Å². The molecule has 21 heavy (non-hydrogen) atoms. The maximum atomic E-state index is 4.90. The van der Waals surface area contributed by atoms with Crippen molar-refractivity contribution in [2.45, 2.75) is 52.4 Å². The number of fused-ring (bicyclic) bond motifs is 1. The number of aryl methyl sites for hydroxylation is 2. The SMILES string of the molecule is CCCNc1nc(-c2sccc2C)nc2c1CCCCC2. The van der Waals surface area contributed by atoms with Crippen LogP contribution in [0.1, 0.15) is 49.4 Å². The van der Waals surface area contributed by atoms with Crippen LogP contribution in [0, 0.1) is 6.92 Å². The first-order valence-electron chi connectivity index (χ1n) is 7.97. The summed E-state index contributed by atoms with van der Waals surface area (Å²) in [7, 11) is 0. The van der Waals surface area contributed by atoms with Crippen molar-refractivity contribution in [3.05, 3.63) is 28.3 Å².